The van der Waals surface area contributed by atoms with Crippen molar-refractivity contribution in [2.24, 2.45) is 11.7 Å². The second-order valence-corrected chi connectivity index (χ2v) is 4.51. The quantitative estimate of drug-likeness (QED) is 0.735. The van der Waals surface area contributed by atoms with Crippen molar-refractivity contribution in [3.63, 3.8) is 0 Å². The number of hydrogen-bond donors (Lipinski definition) is 1. The predicted octanol–water partition coefficient (Wildman–Crippen LogP) is 0.361. The summed E-state index contributed by atoms with van der Waals surface area (Å²) in [6.45, 7) is 4.37. The number of piperidine rings is 1. The Kier molecular flexibility index (Phi) is 3.26. The number of ether oxygens (including phenoxy) is 1. The molecule has 3 unspecified atom stereocenters. The lowest BCUT2D eigenvalue weighted by molar-refractivity contribution is -0.136. The molecule has 1 saturated carbocycles. The Balaban J connectivity index is 1.84. The number of hydrogen-bond acceptors (Lipinski definition) is 3. The van der Waals surface area contributed by atoms with Crippen LogP contribution in [0, 0.1) is 5.92 Å². The third kappa shape index (κ3) is 2.49. The van der Waals surface area contributed by atoms with E-state index in [0.29, 0.717) is 0 Å². The first kappa shape index (κ1) is 10.9. The molecule has 4 heteroatoms. The summed E-state index contributed by atoms with van der Waals surface area (Å²) in [4.78, 5) is 13.8. The fraction of sp³-hybridized carbons (Fsp3) is 0.909. The lowest BCUT2D eigenvalue weighted by atomic mass is 10.1. The van der Waals surface area contributed by atoms with E-state index in [9.17, 15) is 4.79 Å². The van der Waals surface area contributed by atoms with E-state index >= 15 is 0 Å². The van der Waals surface area contributed by atoms with Gasteiger partial charge in [0.25, 0.3) is 0 Å². The molecule has 2 N–H and O–H groups in total. The molecule has 3 atom stereocenters. The van der Waals surface area contributed by atoms with Gasteiger partial charge in [-0.3, -0.25) is 4.79 Å². The zero-order chi connectivity index (χ0) is 10.8. The van der Waals surface area contributed by atoms with Crippen molar-refractivity contribution in [2.45, 2.75) is 38.3 Å². The van der Waals surface area contributed by atoms with Gasteiger partial charge in [-0.05, 0) is 26.2 Å². The van der Waals surface area contributed by atoms with Crippen LogP contribution in [0.2, 0.25) is 0 Å². The zero-order valence-electron chi connectivity index (χ0n) is 9.32. The van der Waals surface area contributed by atoms with Gasteiger partial charge in [-0.25, -0.2) is 0 Å². The maximum atomic E-state index is 11.9. The van der Waals surface area contributed by atoms with Gasteiger partial charge < -0.3 is 15.4 Å². The van der Waals surface area contributed by atoms with Crippen molar-refractivity contribution in [2.75, 3.05) is 19.7 Å². The van der Waals surface area contributed by atoms with Crippen LogP contribution in [0.5, 0.6) is 0 Å². The minimum Gasteiger partial charge on any atom is -0.377 e. The predicted molar refractivity (Wildman–Crippen MR) is 57.3 cm³/mol. The van der Waals surface area contributed by atoms with Gasteiger partial charge in [0.05, 0.1) is 12.0 Å². The number of carbonyl (C=O) groups excluding carboxylic acids is 1. The van der Waals surface area contributed by atoms with Gasteiger partial charge in [-0.1, -0.05) is 0 Å². The topological polar surface area (TPSA) is 55.6 Å². The molecule has 4 nitrogen and oxygen atoms in total. The van der Waals surface area contributed by atoms with E-state index in [-0.39, 0.29) is 24.0 Å². The number of rotatable bonds is 3. The molecule has 2 rings (SSSR count). The van der Waals surface area contributed by atoms with Crippen LogP contribution in [0.1, 0.15) is 26.2 Å². The minimum atomic E-state index is 0.102. The molecule has 86 valence electrons. The van der Waals surface area contributed by atoms with E-state index in [2.05, 4.69) is 0 Å². The Morgan fingerprint density at radius 1 is 1.60 bits per heavy atom. The average molecular weight is 212 g/mol. The third-order valence-corrected chi connectivity index (χ3v) is 3.25. The van der Waals surface area contributed by atoms with E-state index in [4.69, 9.17) is 10.5 Å². The Morgan fingerprint density at radius 2 is 2.33 bits per heavy atom. The molecule has 0 radical (unpaired) electrons. The van der Waals surface area contributed by atoms with Crippen molar-refractivity contribution >= 4 is 5.91 Å². The first-order valence-electron chi connectivity index (χ1n) is 5.88. The molecule has 1 heterocycles. The summed E-state index contributed by atoms with van der Waals surface area (Å²) in [5.74, 6) is 0.345. The van der Waals surface area contributed by atoms with Crippen LogP contribution in [0.4, 0.5) is 0 Å². The van der Waals surface area contributed by atoms with E-state index in [1.807, 2.05) is 11.8 Å². The lowest BCUT2D eigenvalue weighted by Gasteiger charge is -2.32. The van der Waals surface area contributed by atoms with Gasteiger partial charge in [0.1, 0.15) is 0 Å². The second-order valence-electron chi connectivity index (χ2n) is 4.51. The molecule has 2 aliphatic rings. The molecular weight excluding hydrogens is 192 g/mol. The van der Waals surface area contributed by atoms with E-state index in [1.54, 1.807) is 0 Å². The molecule has 0 aromatic heterocycles. The van der Waals surface area contributed by atoms with Crippen molar-refractivity contribution in [1.82, 2.24) is 4.90 Å². The van der Waals surface area contributed by atoms with Crippen LogP contribution in [-0.4, -0.2) is 42.6 Å². The Bertz CT molecular complexity index is 243. The molecule has 1 aliphatic heterocycles. The largest absolute Gasteiger partial charge is 0.377 e. The monoisotopic (exact) mass is 212 g/mol. The lowest BCUT2D eigenvalue weighted by Crippen LogP contribution is -2.44. The Morgan fingerprint density at radius 3 is 2.93 bits per heavy atom. The molecule has 1 aliphatic carbocycles. The van der Waals surface area contributed by atoms with Gasteiger partial charge in [0.15, 0.2) is 0 Å². The fourth-order valence-electron chi connectivity index (χ4n) is 2.24. The maximum absolute atomic E-state index is 11.9. The molecule has 0 aromatic rings. The SMILES string of the molecule is CCOC1CCCN(C(=O)C2CC2N)C1. The minimum absolute atomic E-state index is 0.102. The second kappa shape index (κ2) is 4.49. The highest BCUT2D eigenvalue weighted by Gasteiger charge is 2.43. The summed E-state index contributed by atoms with van der Waals surface area (Å²) in [5, 5.41) is 0. The molecule has 1 amide bonds. The smallest absolute Gasteiger partial charge is 0.227 e. The zero-order valence-corrected chi connectivity index (χ0v) is 9.32. The van der Waals surface area contributed by atoms with Gasteiger partial charge in [0.2, 0.25) is 5.91 Å². The normalized spacial score (nSPS) is 35.3. The number of nitrogens with zero attached hydrogens (tertiary/aromatic N) is 1. The first-order chi connectivity index (χ1) is 7.22. The van der Waals surface area contributed by atoms with Crippen LogP contribution in [0.15, 0.2) is 0 Å². The molecule has 15 heavy (non-hydrogen) atoms. The summed E-state index contributed by atoms with van der Waals surface area (Å²) in [6, 6.07) is 0.116. The highest BCUT2D eigenvalue weighted by atomic mass is 16.5. The molecule has 0 spiro atoms. The molecule has 2 fully saturated rings. The van der Waals surface area contributed by atoms with Crippen molar-refractivity contribution < 1.29 is 9.53 Å². The summed E-state index contributed by atoms with van der Waals surface area (Å²) in [7, 11) is 0. The maximum Gasteiger partial charge on any atom is 0.227 e. The van der Waals surface area contributed by atoms with Crippen LogP contribution >= 0.6 is 0 Å². The Labute approximate surface area is 90.8 Å². The standard InChI is InChI=1S/C11H20N2O2/c1-2-15-8-4-3-5-13(7-8)11(14)9-6-10(9)12/h8-10H,2-7,12H2,1H3. The van der Waals surface area contributed by atoms with Gasteiger partial charge >= 0.3 is 0 Å². The summed E-state index contributed by atoms with van der Waals surface area (Å²) in [6.07, 6.45) is 3.24. The van der Waals surface area contributed by atoms with Gasteiger partial charge in [-0.15, -0.1) is 0 Å². The summed E-state index contributed by atoms with van der Waals surface area (Å²) in [5.41, 5.74) is 5.69. The van der Waals surface area contributed by atoms with Crippen LogP contribution < -0.4 is 5.73 Å². The van der Waals surface area contributed by atoms with E-state index < -0.39 is 0 Å². The molecule has 0 aromatic carbocycles. The van der Waals surface area contributed by atoms with Crippen molar-refractivity contribution in [1.29, 1.82) is 0 Å². The molecule has 0 bridgehead atoms. The van der Waals surface area contributed by atoms with Crippen LogP contribution in [0.25, 0.3) is 0 Å². The fourth-order valence-corrected chi connectivity index (χ4v) is 2.24. The van der Waals surface area contributed by atoms with Crippen LogP contribution in [-0.2, 0) is 9.53 Å². The van der Waals surface area contributed by atoms with Crippen molar-refractivity contribution in [3.05, 3.63) is 0 Å². The number of nitrogens with two attached hydrogens (primary N) is 1. The molecular formula is C11H20N2O2. The number of amides is 1. The summed E-state index contributed by atoms with van der Waals surface area (Å²) >= 11 is 0. The van der Waals surface area contributed by atoms with E-state index in [0.717, 1.165) is 39.0 Å². The highest BCUT2D eigenvalue weighted by Crippen LogP contribution is 2.31. The number of carbonyl (C=O) groups is 1. The van der Waals surface area contributed by atoms with Crippen molar-refractivity contribution in [3.8, 4) is 0 Å². The Hall–Kier alpha value is -0.610. The van der Waals surface area contributed by atoms with Crippen LogP contribution in [0.3, 0.4) is 0 Å². The first-order valence-corrected chi connectivity index (χ1v) is 5.88. The third-order valence-electron chi connectivity index (χ3n) is 3.25. The van der Waals surface area contributed by atoms with E-state index in [1.165, 1.54) is 0 Å². The number of likely N-dealkylation sites (tertiary alicyclic amines) is 1. The summed E-state index contributed by atoms with van der Waals surface area (Å²) < 4.78 is 5.57. The highest BCUT2D eigenvalue weighted by molar-refractivity contribution is 5.82. The average Bonchev–Trinajstić information content (AvgIpc) is 2.95. The van der Waals surface area contributed by atoms with Gasteiger partial charge in [-0.2, -0.15) is 0 Å². The molecule has 1 saturated heterocycles. The van der Waals surface area contributed by atoms with Gasteiger partial charge in [0, 0.05) is 25.7 Å².